The number of carboxylic acid groups (broad SMARTS) is 1. The average Bonchev–Trinajstić information content (AvgIpc) is 2.41. The standard InChI is InChI=1S/C15H20FNO4S/c16-14-9-8-12(10-13(14)15(18)19)22(20,21)17-11-6-4-2-1-3-5-7-11/h8-11,17H,1-7H2,(H,18,19). The van der Waals surface area contributed by atoms with Crippen molar-refractivity contribution in [3.8, 4) is 0 Å². The third-order valence-electron chi connectivity index (χ3n) is 3.91. The van der Waals surface area contributed by atoms with E-state index in [0.29, 0.717) is 0 Å². The van der Waals surface area contributed by atoms with Crippen LogP contribution in [0.15, 0.2) is 23.1 Å². The van der Waals surface area contributed by atoms with E-state index in [9.17, 15) is 17.6 Å². The van der Waals surface area contributed by atoms with Crippen LogP contribution in [0.4, 0.5) is 4.39 Å². The summed E-state index contributed by atoms with van der Waals surface area (Å²) in [5, 5.41) is 8.89. The SMILES string of the molecule is O=C(O)c1cc(S(=O)(=O)NC2CCCCCCC2)ccc1F. The molecule has 5 nitrogen and oxygen atoms in total. The van der Waals surface area contributed by atoms with E-state index < -0.39 is 27.4 Å². The first-order valence-electron chi connectivity index (χ1n) is 7.45. The van der Waals surface area contributed by atoms with E-state index in [1.807, 2.05) is 0 Å². The summed E-state index contributed by atoms with van der Waals surface area (Å²) in [5.41, 5.74) is -0.638. The zero-order chi connectivity index (χ0) is 16.2. The van der Waals surface area contributed by atoms with Crippen LogP contribution >= 0.6 is 0 Å². The lowest BCUT2D eigenvalue weighted by Crippen LogP contribution is -2.35. The molecule has 0 amide bonds. The van der Waals surface area contributed by atoms with Crippen molar-refractivity contribution in [3.63, 3.8) is 0 Å². The Morgan fingerprint density at radius 1 is 1.14 bits per heavy atom. The zero-order valence-electron chi connectivity index (χ0n) is 12.2. The number of aromatic carboxylic acids is 1. The van der Waals surface area contributed by atoms with Crippen molar-refractivity contribution in [2.45, 2.75) is 55.9 Å². The number of hydrogen-bond acceptors (Lipinski definition) is 3. The maximum Gasteiger partial charge on any atom is 0.338 e. The first-order valence-corrected chi connectivity index (χ1v) is 8.93. The van der Waals surface area contributed by atoms with Crippen LogP contribution in [0.3, 0.4) is 0 Å². The minimum absolute atomic E-state index is 0.149. The number of rotatable bonds is 4. The summed E-state index contributed by atoms with van der Waals surface area (Å²) in [7, 11) is -3.84. The molecule has 122 valence electrons. The number of halogens is 1. The average molecular weight is 329 g/mol. The maximum atomic E-state index is 13.4. The molecule has 0 heterocycles. The van der Waals surface area contributed by atoms with Crippen molar-refractivity contribution in [3.05, 3.63) is 29.6 Å². The summed E-state index contributed by atoms with van der Waals surface area (Å²) >= 11 is 0. The molecule has 1 fully saturated rings. The predicted octanol–water partition coefficient (Wildman–Crippen LogP) is 2.92. The Kier molecular flexibility index (Phi) is 5.52. The molecule has 0 radical (unpaired) electrons. The van der Waals surface area contributed by atoms with E-state index in [4.69, 9.17) is 5.11 Å². The molecular weight excluding hydrogens is 309 g/mol. The van der Waals surface area contributed by atoms with Gasteiger partial charge in [-0.2, -0.15) is 0 Å². The van der Waals surface area contributed by atoms with Crippen molar-refractivity contribution < 1.29 is 22.7 Å². The smallest absolute Gasteiger partial charge is 0.338 e. The van der Waals surface area contributed by atoms with E-state index in [2.05, 4.69) is 4.72 Å². The Hall–Kier alpha value is -1.47. The molecule has 1 aliphatic carbocycles. The van der Waals surface area contributed by atoms with Gasteiger partial charge in [-0.1, -0.05) is 32.1 Å². The highest BCUT2D eigenvalue weighted by molar-refractivity contribution is 7.89. The molecular formula is C15H20FNO4S. The molecule has 0 aromatic heterocycles. The van der Waals surface area contributed by atoms with Crippen LogP contribution in [0.25, 0.3) is 0 Å². The highest BCUT2D eigenvalue weighted by Crippen LogP contribution is 2.20. The summed E-state index contributed by atoms with van der Waals surface area (Å²) in [6.07, 6.45) is 6.85. The van der Waals surface area contributed by atoms with Gasteiger partial charge in [0.2, 0.25) is 10.0 Å². The van der Waals surface area contributed by atoms with Crippen LogP contribution < -0.4 is 4.72 Å². The van der Waals surface area contributed by atoms with E-state index in [1.165, 1.54) is 6.42 Å². The van der Waals surface area contributed by atoms with Gasteiger partial charge >= 0.3 is 5.97 Å². The first-order chi connectivity index (χ1) is 10.4. The van der Waals surface area contributed by atoms with Gasteiger partial charge in [-0.15, -0.1) is 0 Å². The third kappa shape index (κ3) is 4.27. The molecule has 0 atom stereocenters. The summed E-state index contributed by atoms with van der Waals surface area (Å²) in [4.78, 5) is 10.7. The van der Waals surface area contributed by atoms with Crippen LogP contribution in [0.5, 0.6) is 0 Å². The molecule has 0 bridgehead atoms. The van der Waals surface area contributed by atoms with Gasteiger partial charge in [0.15, 0.2) is 0 Å². The fourth-order valence-electron chi connectivity index (χ4n) is 2.70. The van der Waals surface area contributed by atoms with Gasteiger partial charge in [0.1, 0.15) is 5.82 Å². The van der Waals surface area contributed by atoms with Gasteiger partial charge in [-0.25, -0.2) is 22.3 Å². The van der Waals surface area contributed by atoms with Gasteiger partial charge in [-0.05, 0) is 31.0 Å². The molecule has 2 N–H and O–H groups in total. The van der Waals surface area contributed by atoms with E-state index in [-0.39, 0.29) is 10.9 Å². The van der Waals surface area contributed by atoms with Gasteiger partial charge in [-0.3, -0.25) is 0 Å². The molecule has 22 heavy (non-hydrogen) atoms. The van der Waals surface area contributed by atoms with Crippen LogP contribution in [0, 0.1) is 5.82 Å². The topological polar surface area (TPSA) is 83.5 Å². The van der Waals surface area contributed by atoms with Crippen LogP contribution in [0.2, 0.25) is 0 Å². The molecule has 0 aliphatic heterocycles. The molecule has 7 heteroatoms. The second-order valence-electron chi connectivity index (χ2n) is 5.61. The molecule has 1 aliphatic rings. The Bertz CT molecular complexity index is 637. The van der Waals surface area contributed by atoms with Crippen molar-refractivity contribution in [1.29, 1.82) is 0 Å². The Balaban J connectivity index is 2.18. The van der Waals surface area contributed by atoms with E-state index in [0.717, 1.165) is 56.7 Å². The van der Waals surface area contributed by atoms with Crippen molar-refractivity contribution >= 4 is 16.0 Å². The highest BCUT2D eigenvalue weighted by atomic mass is 32.2. The second kappa shape index (κ2) is 7.19. The number of benzene rings is 1. The number of carboxylic acids is 1. The monoisotopic (exact) mass is 329 g/mol. The van der Waals surface area contributed by atoms with Crippen LogP contribution in [-0.4, -0.2) is 25.5 Å². The third-order valence-corrected chi connectivity index (χ3v) is 5.42. The number of nitrogens with one attached hydrogen (secondary N) is 1. The summed E-state index contributed by atoms with van der Waals surface area (Å²) in [5.74, 6) is -2.43. The van der Waals surface area contributed by atoms with Crippen molar-refractivity contribution in [2.75, 3.05) is 0 Å². The van der Waals surface area contributed by atoms with Gasteiger partial charge in [0.25, 0.3) is 0 Å². The largest absolute Gasteiger partial charge is 0.478 e. The summed E-state index contributed by atoms with van der Waals surface area (Å²) in [6.45, 7) is 0. The lowest BCUT2D eigenvalue weighted by Gasteiger charge is -2.21. The van der Waals surface area contributed by atoms with Crippen LogP contribution in [-0.2, 0) is 10.0 Å². The molecule has 1 aromatic carbocycles. The van der Waals surface area contributed by atoms with Gasteiger partial charge in [0.05, 0.1) is 10.5 Å². The number of carbonyl (C=O) groups is 1. The second-order valence-corrected chi connectivity index (χ2v) is 7.32. The molecule has 1 saturated carbocycles. The summed E-state index contributed by atoms with van der Waals surface area (Å²) in [6, 6.07) is 2.68. The Morgan fingerprint density at radius 3 is 2.32 bits per heavy atom. The fourth-order valence-corrected chi connectivity index (χ4v) is 4.03. The zero-order valence-corrected chi connectivity index (χ0v) is 13.0. The predicted molar refractivity (Wildman–Crippen MR) is 79.8 cm³/mol. The number of sulfonamides is 1. The van der Waals surface area contributed by atoms with E-state index in [1.54, 1.807) is 0 Å². The minimum Gasteiger partial charge on any atom is -0.478 e. The highest BCUT2D eigenvalue weighted by Gasteiger charge is 2.23. The van der Waals surface area contributed by atoms with Crippen molar-refractivity contribution in [1.82, 2.24) is 4.72 Å². The van der Waals surface area contributed by atoms with E-state index >= 15 is 0 Å². The molecule has 2 rings (SSSR count). The Labute approximate surface area is 129 Å². The fraction of sp³-hybridized carbons (Fsp3) is 0.533. The molecule has 0 saturated heterocycles. The van der Waals surface area contributed by atoms with Crippen molar-refractivity contribution in [2.24, 2.45) is 0 Å². The maximum absolute atomic E-state index is 13.4. The normalized spacial score (nSPS) is 17.7. The lowest BCUT2D eigenvalue weighted by molar-refractivity contribution is 0.0691. The minimum atomic E-state index is -3.84. The number of hydrogen-bond donors (Lipinski definition) is 2. The lowest BCUT2D eigenvalue weighted by atomic mass is 9.97. The van der Waals surface area contributed by atoms with Crippen LogP contribution in [0.1, 0.15) is 55.3 Å². The molecule has 1 aromatic rings. The summed E-state index contributed by atoms with van der Waals surface area (Å²) < 4.78 is 40.7. The Morgan fingerprint density at radius 2 is 1.73 bits per heavy atom. The molecule has 0 spiro atoms. The van der Waals surface area contributed by atoms with Gasteiger partial charge in [0, 0.05) is 6.04 Å². The quantitative estimate of drug-likeness (QED) is 0.889. The molecule has 0 unspecified atom stereocenters. The first kappa shape index (κ1) is 16.9. The van der Waals surface area contributed by atoms with Gasteiger partial charge < -0.3 is 5.11 Å².